The molecule has 2 heteroatoms. The minimum Gasteiger partial charge on any atom is -0.513 e. The summed E-state index contributed by atoms with van der Waals surface area (Å²) in [7, 11) is 0. The Morgan fingerprint density at radius 1 is 1.50 bits per heavy atom. The largest absolute Gasteiger partial charge is 0.513 e. The maximum Gasteiger partial charge on any atom is 0.0894 e. The quantitative estimate of drug-likeness (QED) is 0.723. The van der Waals surface area contributed by atoms with E-state index in [0.29, 0.717) is 6.42 Å². The molecule has 0 saturated carbocycles. The van der Waals surface area contributed by atoms with Gasteiger partial charge in [0.1, 0.15) is 0 Å². The highest BCUT2D eigenvalue weighted by Gasteiger charge is 2.04. The van der Waals surface area contributed by atoms with E-state index in [9.17, 15) is 5.11 Å². The highest BCUT2D eigenvalue weighted by Crippen LogP contribution is 2.18. The second kappa shape index (κ2) is 4.29. The van der Waals surface area contributed by atoms with E-state index < -0.39 is 6.10 Å². The zero-order chi connectivity index (χ0) is 10.7. The van der Waals surface area contributed by atoms with E-state index in [1.54, 1.807) is 6.92 Å². The van der Waals surface area contributed by atoms with E-state index in [-0.39, 0.29) is 5.76 Å². The van der Waals surface area contributed by atoms with E-state index in [1.807, 2.05) is 25.1 Å². The number of aliphatic hydroxyl groups excluding tert-OH is 2. The Morgan fingerprint density at radius 2 is 2.14 bits per heavy atom. The standard InChI is InChI=1S/C12H16O2/c1-8-6-12(10(3)14)5-4-11(8)7-9(2)13/h4-6,10,13-14H,2,7H2,1,3H3. The number of hydrogen-bond donors (Lipinski definition) is 2. The van der Waals surface area contributed by atoms with E-state index in [2.05, 4.69) is 6.58 Å². The van der Waals surface area contributed by atoms with Crippen molar-refractivity contribution in [1.82, 2.24) is 0 Å². The summed E-state index contributed by atoms with van der Waals surface area (Å²) in [5.41, 5.74) is 3.01. The summed E-state index contributed by atoms with van der Waals surface area (Å²) in [5.74, 6) is 0.165. The molecule has 14 heavy (non-hydrogen) atoms. The number of aryl methyl sites for hydroxylation is 1. The van der Waals surface area contributed by atoms with E-state index in [4.69, 9.17) is 5.11 Å². The summed E-state index contributed by atoms with van der Waals surface area (Å²) in [6, 6.07) is 5.72. The van der Waals surface area contributed by atoms with Crippen LogP contribution in [0.5, 0.6) is 0 Å². The van der Waals surface area contributed by atoms with Crippen LogP contribution in [-0.2, 0) is 6.42 Å². The van der Waals surface area contributed by atoms with E-state index in [1.165, 1.54) is 0 Å². The minimum atomic E-state index is -0.444. The Hall–Kier alpha value is -1.28. The zero-order valence-electron chi connectivity index (χ0n) is 8.62. The maximum absolute atomic E-state index is 9.35. The molecule has 1 atom stereocenters. The molecular weight excluding hydrogens is 176 g/mol. The van der Waals surface area contributed by atoms with Gasteiger partial charge >= 0.3 is 0 Å². The Morgan fingerprint density at radius 3 is 2.57 bits per heavy atom. The zero-order valence-corrected chi connectivity index (χ0v) is 8.62. The van der Waals surface area contributed by atoms with E-state index in [0.717, 1.165) is 16.7 Å². The summed E-state index contributed by atoms with van der Waals surface area (Å²) in [6.45, 7) is 7.15. The Kier molecular flexibility index (Phi) is 3.31. The van der Waals surface area contributed by atoms with Crippen LogP contribution in [0.3, 0.4) is 0 Å². The lowest BCUT2D eigenvalue weighted by molar-refractivity contribution is 0.199. The molecule has 0 aliphatic carbocycles. The first-order valence-electron chi connectivity index (χ1n) is 4.65. The molecule has 2 N–H and O–H groups in total. The third-order valence-electron chi connectivity index (χ3n) is 2.24. The van der Waals surface area contributed by atoms with Gasteiger partial charge in [0.2, 0.25) is 0 Å². The van der Waals surface area contributed by atoms with Gasteiger partial charge in [-0.05, 0) is 30.5 Å². The van der Waals surface area contributed by atoms with Crippen LogP contribution in [-0.4, -0.2) is 10.2 Å². The fourth-order valence-corrected chi connectivity index (χ4v) is 1.40. The van der Waals surface area contributed by atoms with Gasteiger partial charge in [-0.3, -0.25) is 0 Å². The van der Waals surface area contributed by atoms with Crippen molar-refractivity contribution in [3.63, 3.8) is 0 Å². The normalized spacial score (nSPS) is 12.5. The maximum atomic E-state index is 9.35. The van der Waals surface area contributed by atoms with Crippen LogP contribution in [0.2, 0.25) is 0 Å². The molecule has 0 aliphatic heterocycles. The van der Waals surface area contributed by atoms with Crippen LogP contribution in [0.4, 0.5) is 0 Å². The van der Waals surface area contributed by atoms with Crippen LogP contribution in [0.25, 0.3) is 0 Å². The Labute approximate surface area is 84.5 Å². The van der Waals surface area contributed by atoms with Crippen molar-refractivity contribution in [1.29, 1.82) is 0 Å². The SMILES string of the molecule is C=C(O)Cc1ccc(C(C)O)cc1C. The third-order valence-corrected chi connectivity index (χ3v) is 2.24. The smallest absolute Gasteiger partial charge is 0.0894 e. The molecule has 0 radical (unpaired) electrons. The molecule has 0 amide bonds. The molecule has 76 valence electrons. The summed E-state index contributed by atoms with van der Waals surface area (Å²) in [6.07, 6.45) is 0.0337. The van der Waals surface area contributed by atoms with Gasteiger partial charge in [-0.2, -0.15) is 0 Å². The fraction of sp³-hybridized carbons (Fsp3) is 0.333. The Balaban J connectivity index is 2.95. The Bertz CT molecular complexity index is 340. The predicted octanol–water partition coefficient (Wildman–Crippen LogP) is 2.66. The van der Waals surface area contributed by atoms with Crippen molar-refractivity contribution in [2.75, 3.05) is 0 Å². The predicted molar refractivity (Wildman–Crippen MR) is 57.3 cm³/mol. The van der Waals surface area contributed by atoms with Crippen LogP contribution < -0.4 is 0 Å². The third kappa shape index (κ3) is 2.60. The highest BCUT2D eigenvalue weighted by atomic mass is 16.3. The van der Waals surface area contributed by atoms with Gasteiger partial charge in [0.25, 0.3) is 0 Å². The molecule has 0 spiro atoms. The van der Waals surface area contributed by atoms with Crippen molar-refractivity contribution in [2.24, 2.45) is 0 Å². The lowest BCUT2D eigenvalue weighted by Crippen LogP contribution is -1.96. The average Bonchev–Trinajstić information content (AvgIpc) is 2.07. The van der Waals surface area contributed by atoms with Gasteiger partial charge in [-0.15, -0.1) is 0 Å². The van der Waals surface area contributed by atoms with Gasteiger partial charge in [0, 0.05) is 6.42 Å². The van der Waals surface area contributed by atoms with Gasteiger partial charge in [-0.1, -0.05) is 24.8 Å². The van der Waals surface area contributed by atoms with Crippen molar-refractivity contribution in [2.45, 2.75) is 26.4 Å². The summed E-state index contributed by atoms with van der Waals surface area (Å²) in [5, 5.41) is 18.4. The number of allylic oxidation sites excluding steroid dienone is 1. The second-order valence-corrected chi connectivity index (χ2v) is 3.60. The lowest BCUT2D eigenvalue weighted by Gasteiger charge is -2.09. The topological polar surface area (TPSA) is 40.5 Å². The highest BCUT2D eigenvalue weighted by molar-refractivity contribution is 5.33. The molecule has 1 unspecified atom stereocenters. The van der Waals surface area contributed by atoms with Crippen LogP contribution in [0, 0.1) is 6.92 Å². The summed E-state index contributed by atoms with van der Waals surface area (Å²) >= 11 is 0. The van der Waals surface area contributed by atoms with Gasteiger partial charge in [0.05, 0.1) is 11.9 Å². The van der Waals surface area contributed by atoms with Crippen LogP contribution in [0.15, 0.2) is 30.5 Å². The minimum absolute atomic E-state index is 0.165. The molecular formula is C12H16O2. The van der Waals surface area contributed by atoms with Crippen molar-refractivity contribution < 1.29 is 10.2 Å². The van der Waals surface area contributed by atoms with Gasteiger partial charge in [-0.25, -0.2) is 0 Å². The number of rotatable bonds is 3. The van der Waals surface area contributed by atoms with Crippen LogP contribution in [0.1, 0.15) is 29.7 Å². The molecule has 0 fully saturated rings. The van der Waals surface area contributed by atoms with Crippen LogP contribution >= 0.6 is 0 Å². The molecule has 0 aliphatic rings. The molecule has 1 aromatic carbocycles. The molecule has 1 rings (SSSR count). The van der Waals surface area contributed by atoms with Gasteiger partial charge in [0.15, 0.2) is 0 Å². The molecule has 0 heterocycles. The number of aliphatic hydroxyl groups is 2. The molecule has 1 aromatic rings. The fourth-order valence-electron chi connectivity index (χ4n) is 1.40. The molecule has 2 nitrogen and oxygen atoms in total. The first-order valence-corrected chi connectivity index (χ1v) is 4.65. The average molecular weight is 192 g/mol. The first kappa shape index (κ1) is 10.8. The number of hydrogen-bond acceptors (Lipinski definition) is 2. The summed E-state index contributed by atoms with van der Waals surface area (Å²) in [4.78, 5) is 0. The number of benzene rings is 1. The molecule has 0 saturated heterocycles. The van der Waals surface area contributed by atoms with Crippen molar-refractivity contribution in [3.05, 3.63) is 47.2 Å². The van der Waals surface area contributed by atoms with Gasteiger partial charge < -0.3 is 10.2 Å². The first-order chi connectivity index (χ1) is 6.50. The second-order valence-electron chi connectivity index (χ2n) is 3.60. The lowest BCUT2D eigenvalue weighted by atomic mass is 10.00. The monoisotopic (exact) mass is 192 g/mol. The van der Waals surface area contributed by atoms with Crippen molar-refractivity contribution >= 4 is 0 Å². The molecule has 0 aromatic heterocycles. The summed E-state index contributed by atoms with van der Waals surface area (Å²) < 4.78 is 0. The van der Waals surface area contributed by atoms with E-state index >= 15 is 0 Å². The van der Waals surface area contributed by atoms with Crippen molar-refractivity contribution in [3.8, 4) is 0 Å². The molecule has 0 bridgehead atoms.